The molecule has 3 heterocycles. The number of fused-ring (bicyclic) bond motifs is 3. The maximum Gasteiger partial charge on any atom is 0.229 e. The van der Waals surface area contributed by atoms with Crippen LogP contribution in [-0.4, -0.2) is 32.3 Å². The minimum absolute atomic E-state index is 0.0309. The quantitative estimate of drug-likeness (QED) is 0.524. The summed E-state index contributed by atoms with van der Waals surface area (Å²) in [5.74, 6) is 0.373. The Kier molecular flexibility index (Phi) is 3.58. The number of rotatable bonds is 4. The van der Waals surface area contributed by atoms with Crippen molar-refractivity contribution in [1.82, 2.24) is 14.3 Å². The van der Waals surface area contributed by atoms with Crippen LogP contribution in [0, 0.1) is 0 Å². The number of aromatic nitrogens is 3. The van der Waals surface area contributed by atoms with Crippen LogP contribution in [-0.2, 0) is 6.54 Å². The van der Waals surface area contributed by atoms with E-state index >= 15 is 0 Å². The first-order valence-electron chi connectivity index (χ1n) is 8.92. The van der Waals surface area contributed by atoms with Crippen LogP contribution in [0.25, 0.3) is 16.9 Å². The summed E-state index contributed by atoms with van der Waals surface area (Å²) in [4.78, 5) is 13.0. The lowest BCUT2D eigenvalue weighted by Gasteiger charge is -2.07. The number of phenolic OH excluding ortho intramolecular Hbond substituents is 1. The molecule has 138 valence electrons. The topological polar surface area (TPSA) is 69.3 Å². The first kappa shape index (κ1) is 16.4. The molecule has 6 heteroatoms. The first-order chi connectivity index (χ1) is 13.7. The monoisotopic (exact) mass is 371 g/mol. The first-order valence-corrected chi connectivity index (χ1v) is 8.92. The number of hydrogen-bond donors (Lipinski definition) is 1. The van der Waals surface area contributed by atoms with Gasteiger partial charge in [0.2, 0.25) is 5.78 Å². The second kappa shape index (κ2) is 6.13. The number of ether oxygens (including phenoxy) is 1. The molecule has 0 fully saturated rings. The van der Waals surface area contributed by atoms with Crippen LogP contribution >= 0.6 is 0 Å². The Labute approximate surface area is 161 Å². The maximum absolute atomic E-state index is 13.0. The van der Waals surface area contributed by atoms with Gasteiger partial charge in [-0.05, 0) is 35.9 Å². The predicted octanol–water partition coefficient (Wildman–Crippen LogP) is 3.65. The fraction of sp³-hybridized carbons (Fsp3) is 0.0909. The van der Waals surface area contributed by atoms with Crippen LogP contribution < -0.4 is 4.74 Å². The van der Waals surface area contributed by atoms with E-state index < -0.39 is 0 Å². The summed E-state index contributed by atoms with van der Waals surface area (Å²) in [6.45, 7) is 0.488. The van der Waals surface area contributed by atoms with E-state index in [0.29, 0.717) is 29.4 Å². The van der Waals surface area contributed by atoms with Gasteiger partial charge in [0.25, 0.3) is 0 Å². The van der Waals surface area contributed by atoms with Gasteiger partial charge in [0.05, 0.1) is 19.3 Å². The van der Waals surface area contributed by atoms with Gasteiger partial charge < -0.3 is 14.4 Å². The maximum atomic E-state index is 13.0. The molecule has 0 radical (unpaired) electrons. The number of nitrogens with zero attached hydrogens (tertiary/aromatic N) is 3. The number of carbonyl (C=O) groups is 1. The second-order valence-corrected chi connectivity index (χ2v) is 6.67. The van der Waals surface area contributed by atoms with Gasteiger partial charge in [-0.3, -0.25) is 9.48 Å². The molecule has 4 aromatic rings. The van der Waals surface area contributed by atoms with Crippen molar-refractivity contribution in [3.05, 3.63) is 83.8 Å². The molecule has 0 amide bonds. The van der Waals surface area contributed by atoms with Gasteiger partial charge in [-0.2, -0.15) is 5.10 Å². The molecule has 0 spiro atoms. The van der Waals surface area contributed by atoms with E-state index in [-0.39, 0.29) is 11.5 Å². The Morgan fingerprint density at radius 3 is 2.64 bits per heavy atom. The van der Waals surface area contributed by atoms with E-state index in [0.717, 1.165) is 16.8 Å². The molecule has 6 nitrogen and oxygen atoms in total. The van der Waals surface area contributed by atoms with Gasteiger partial charge in [0.1, 0.15) is 17.1 Å². The number of ketones is 1. The molecule has 0 saturated carbocycles. The lowest BCUT2D eigenvalue weighted by atomic mass is 10.1. The predicted molar refractivity (Wildman–Crippen MR) is 104 cm³/mol. The minimum atomic E-state index is -0.0487. The standard InChI is InChI=1S/C22H17N3O3/c1-28-18-10-9-15(12-17(18)26)19-20-21(22(27)16-8-5-11-24(16)20)25(23-19)13-14-6-3-2-4-7-14/h2-12,26H,13H2,1H3. The highest BCUT2D eigenvalue weighted by Crippen LogP contribution is 2.39. The summed E-state index contributed by atoms with van der Waals surface area (Å²) in [6, 6.07) is 18.7. The Hall–Kier alpha value is -3.80. The van der Waals surface area contributed by atoms with Crippen LogP contribution in [0.1, 0.15) is 21.7 Å². The molecule has 0 aliphatic carbocycles. The number of benzene rings is 2. The van der Waals surface area contributed by atoms with E-state index in [1.54, 1.807) is 16.8 Å². The van der Waals surface area contributed by atoms with E-state index in [1.165, 1.54) is 7.11 Å². The minimum Gasteiger partial charge on any atom is -0.504 e. The fourth-order valence-electron chi connectivity index (χ4n) is 3.69. The number of phenols is 1. The summed E-state index contributed by atoms with van der Waals surface area (Å²) in [6.07, 6.45) is 1.86. The zero-order valence-corrected chi connectivity index (χ0v) is 15.2. The molecule has 1 N–H and O–H groups in total. The summed E-state index contributed by atoms with van der Waals surface area (Å²) < 4.78 is 8.75. The van der Waals surface area contributed by atoms with Crippen molar-refractivity contribution in [2.24, 2.45) is 0 Å². The van der Waals surface area contributed by atoms with Crippen molar-refractivity contribution in [3.8, 4) is 28.4 Å². The summed E-state index contributed by atoms with van der Waals surface area (Å²) in [5, 5.41) is 15.0. The molecular weight excluding hydrogens is 354 g/mol. The SMILES string of the molecule is COc1ccc(-c2nn(Cc3ccccc3)c3c2-n2cccc2C3=O)cc1O. The average molecular weight is 371 g/mol. The van der Waals surface area contributed by atoms with Gasteiger partial charge >= 0.3 is 0 Å². The average Bonchev–Trinajstić information content (AvgIpc) is 3.38. The zero-order chi connectivity index (χ0) is 19.3. The summed E-state index contributed by atoms with van der Waals surface area (Å²) in [7, 11) is 1.51. The molecule has 0 atom stereocenters. The zero-order valence-electron chi connectivity index (χ0n) is 15.2. The summed E-state index contributed by atoms with van der Waals surface area (Å²) in [5.41, 5.74) is 4.34. The Bertz CT molecular complexity index is 1210. The molecule has 2 aromatic carbocycles. The fourth-order valence-corrected chi connectivity index (χ4v) is 3.69. The lowest BCUT2D eigenvalue weighted by molar-refractivity contribution is 0.103. The third-order valence-corrected chi connectivity index (χ3v) is 4.99. The number of hydrogen-bond acceptors (Lipinski definition) is 4. The van der Waals surface area contributed by atoms with E-state index in [2.05, 4.69) is 0 Å². The van der Waals surface area contributed by atoms with E-state index in [9.17, 15) is 9.90 Å². The van der Waals surface area contributed by atoms with Crippen LogP contribution in [0.3, 0.4) is 0 Å². The van der Waals surface area contributed by atoms with Crippen molar-refractivity contribution >= 4 is 5.78 Å². The van der Waals surface area contributed by atoms with Gasteiger partial charge in [-0.1, -0.05) is 30.3 Å². The molecule has 0 bridgehead atoms. The number of carbonyl (C=O) groups excluding carboxylic acids is 1. The van der Waals surface area contributed by atoms with Crippen molar-refractivity contribution in [2.45, 2.75) is 6.54 Å². The molecule has 2 aromatic heterocycles. The van der Waals surface area contributed by atoms with Crippen molar-refractivity contribution in [3.63, 3.8) is 0 Å². The van der Waals surface area contributed by atoms with Crippen LogP contribution in [0.4, 0.5) is 0 Å². The Balaban J connectivity index is 1.70. The van der Waals surface area contributed by atoms with Gasteiger partial charge in [0.15, 0.2) is 11.5 Å². The molecular formula is C22H17N3O3. The van der Waals surface area contributed by atoms with Crippen LogP contribution in [0.5, 0.6) is 11.5 Å². The van der Waals surface area contributed by atoms with Crippen molar-refractivity contribution in [2.75, 3.05) is 7.11 Å². The highest BCUT2D eigenvalue weighted by molar-refractivity contribution is 6.14. The molecule has 1 aliphatic heterocycles. The van der Waals surface area contributed by atoms with Crippen LogP contribution in [0.2, 0.25) is 0 Å². The highest BCUT2D eigenvalue weighted by atomic mass is 16.5. The van der Waals surface area contributed by atoms with Crippen LogP contribution in [0.15, 0.2) is 66.9 Å². The smallest absolute Gasteiger partial charge is 0.229 e. The van der Waals surface area contributed by atoms with Crippen molar-refractivity contribution < 1.29 is 14.6 Å². The van der Waals surface area contributed by atoms with Gasteiger partial charge in [-0.15, -0.1) is 0 Å². The van der Waals surface area contributed by atoms with Crippen molar-refractivity contribution in [1.29, 1.82) is 0 Å². The summed E-state index contributed by atoms with van der Waals surface area (Å²) >= 11 is 0. The van der Waals surface area contributed by atoms with E-state index in [1.807, 2.05) is 59.3 Å². The normalized spacial score (nSPS) is 12.1. The lowest BCUT2D eigenvalue weighted by Crippen LogP contribution is -2.10. The molecule has 28 heavy (non-hydrogen) atoms. The Morgan fingerprint density at radius 1 is 1.07 bits per heavy atom. The van der Waals surface area contributed by atoms with E-state index in [4.69, 9.17) is 9.84 Å². The molecule has 0 unspecified atom stereocenters. The number of methoxy groups -OCH3 is 1. The number of aromatic hydroxyl groups is 1. The molecule has 0 saturated heterocycles. The third kappa shape index (κ3) is 2.35. The molecule has 5 rings (SSSR count). The van der Waals surface area contributed by atoms with Gasteiger partial charge in [-0.25, -0.2) is 0 Å². The largest absolute Gasteiger partial charge is 0.504 e. The third-order valence-electron chi connectivity index (χ3n) is 4.99. The second-order valence-electron chi connectivity index (χ2n) is 6.67. The Morgan fingerprint density at radius 2 is 1.89 bits per heavy atom. The van der Waals surface area contributed by atoms with Gasteiger partial charge in [0, 0.05) is 11.8 Å². The highest BCUT2D eigenvalue weighted by Gasteiger charge is 2.34. The molecule has 1 aliphatic rings.